The maximum absolute atomic E-state index is 13.5. The van der Waals surface area contributed by atoms with E-state index in [-0.39, 0.29) is 6.04 Å². The van der Waals surface area contributed by atoms with Gasteiger partial charge in [0.25, 0.3) is 0 Å². The number of nitrogens with one attached hydrogen (secondary N) is 1. The zero-order valence-corrected chi connectivity index (χ0v) is 11.2. The number of halogens is 3. The molecule has 20 heavy (non-hydrogen) atoms. The van der Waals surface area contributed by atoms with Crippen LogP contribution < -0.4 is 5.32 Å². The van der Waals surface area contributed by atoms with E-state index in [9.17, 15) is 13.2 Å². The van der Waals surface area contributed by atoms with Crippen molar-refractivity contribution in [3.05, 3.63) is 35.9 Å². The van der Waals surface area contributed by atoms with E-state index in [0.717, 1.165) is 19.4 Å². The lowest BCUT2D eigenvalue weighted by atomic mass is 9.94. The first-order valence-corrected chi connectivity index (χ1v) is 7.15. The minimum Gasteiger partial charge on any atom is -0.312 e. The summed E-state index contributed by atoms with van der Waals surface area (Å²) < 4.78 is 40.4. The number of alkyl halides is 3. The van der Waals surface area contributed by atoms with Crippen LogP contribution in [0, 0.1) is 5.92 Å². The molecule has 0 saturated carbocycles. The van der Waals surface area contributed by atoms with Crippen LogP contribution in [0.1, 0.15) is 24.4 Å². The predicted octanol–water partition coefficient (Wildman–Crippen LogP) is 2.97. The molecular formula is C15H19F3N2. The van der Waals surface area contributed by atoms with E-state index in [1.807, 2.05) is 0 Å². The maximum atomic E-state index is 13.5. The number of likely N-dealkylation sites (tertiary alicyclic amines) is 1. The van der Waals surface area contributed by atoms with Crippen molar-refractivity contribution < 1.29 is 13.2 Å². The second-order valence-electron chi connectivity index (χ2n) is 5.77. The van der Waals surface area contributed by atoms with E-state index in [1.165, 1.54) is 0 Å². The monoisotopic (exact) mass is 284 g/mol. The molecule has 2 fully saturated rings. The fourth-order valence-electron chi connectivity index (χ4n) is 3.53. The van der Waals surface area contributed by atoms with Crippen molar-refractivity contribution in [2.75, 3.05) is 19.6 Å². The van der Waals surface area contributed by atoms with E-state index in [4.69, 9.17) is 0 Å². The Labute approximate surface area is 117 Å². The van der Waals surface area contributed by atoms with Gasteiger partial charge in [-0.3, -0.25) is 4.90 Å². The van der Waals surface area contributed by atoms with Crippen LogP contribution in [-0.2, 0) is 0 Å². The quantitative estimate of drug-likeness (QED) is 0.898. The number of hydrogen-bond acceptors (Lipinski definition) is 2. The SMILES string of the molecule is FC(F)(F)C(c1ccccc1)N1CC2CCCNC2C1. The van der Waals surface area contributed by atoms with Crippen molar-refractivity contribution in [2.45, 2.75) is 31.1 Å². The molecule has 2 saturated heterocycles. The topological polar surface area (TPSA) is 15.3 Å². The molecule has 2 aliphatic heterocycles. The Morgan fingerprint density at radius 1 is 1.15 bits per heavy atom. The number of benzene rings is 1. The average molecular weight is 284 g/mol. The summed E-state index contributed by atoms with van der Waals surface area (Å²) in [6, 6.07) is 7.00. The second-order valence-corrected chi connectivity index (χ2v) is 5.77. The Kier molecular flexibility index (Phi) is 3.73. The van der Waals surface area contributed by atoms with Gasteiger partial charge in [0.05, 0.1) is 0 Å². The van der Waals surface area contributed by atoms with Gasteiger partial charge >= 0.3 is 6.18 Å². The van der Waals surface area contributed by atoms with E-state index >= 15 is 0 Å². The van der Waals surface area contributed by atoms with Crippen LogP contribution in [-0.4, -0.2) is 36.8 Å². The summed E-state index contributed by atoms with van der Waals surface area (Å²) in [6.45, 7) is 1.96. The third-order valence-corrected chi connectivity index (χ3v) is 4.42. The van der Waals surface area contributed by atoms with Crippen LogP contribution in [0.3, 0.4) is 0 Å². The molecule has 3 atom stereocenters. The van der Waals surface area contributed by atoms with Crippen molar-refractivity contribution in [3.8, 4) is 0 Å². The van der Waals surface area contributed by atoms with Gasteiger partial charge in [-0.15, -0.1) is 0 Å². The van der Waals surface area contributed by atoms with Crippen molar-refractivity contribution in [1.29, 1.82) is 0 Å². The number of rotatable bonds is 2. The van der Waals surface area contributed by atoms with Crippen LogP contribution in [0.4, 0.5) is 13.2 Å². The predicted molar refractivity (Wildman–Crippen MR) is 71.3 cm³/mol. The van der Waals surface area contributed by atoms with Crippen molar-refractivity contribution in [2.24, 2.45) is 5.92 Å². The fourth-order valence-corrected chi connectivity index (χ4v) is 3.53. The van der Waals surface area contributed by atoms with Gasteiger partial charge in [-0.1, -0.05) is 30.3 Å². The molecule has 0 spiro atoms. The lowest BCUT2D eigenvalue weighted by molar-refractivity contribution is -0.184. The minimum absolute atomic E-state index is 0.220. The molecule has 0 aromatic heterocycles. The Morgan fingerprint density at radius 2 is 1.90 bits per heavy atom. The Balaban J connectivity index is 1.84. The smallest absolute Gasteiger partial charge is 0.312 e. The molecule has 110 valence electrons. The summed E-state index contributed by atoms with van der Waals surface area (Å²) in [5.41, 5.74) is 0.346. The van der Waals surface area contributed by atoms with Gasteiger partial charge in [0.15, 0.2) is 0 Å². The minimum atomic E-state index is -4.23. The molecule has 0 bridgehead atoms. The van der Waals surface area contributed by atoms with E-state index in [0.29, 0.717) is 24.6 Å². The molecule has 2 aliphatic rings. The first kappa shape index (κ1) is 13.9. The number of fused-ring (bicyclic) bond motifs is 1. The molecule has 0 aliphatic carbocycles. The van der Waals surface area contributed by atoms with Gasteiger partial charge in [-0.25, -0.2) is 0 Å². The van der Waals surface area contributed by atoms with Crippen LogP contribution in [0.25, 0.3) is 0 Å². The summed E-state index contributed by atoms with van der Waals surface area (Å²) >= 11 is 0. The highest BCUT2D eigenvalue weighted by Gasteiger charge is 2.48. The van der Waals surface area contributed by atoms with Crippen LogP contribution in [0.15, 0.2) is 30.3 Å². The molecule has 3 unspecified atom stereocenters. The largest absolute Gasteiger partial charge is 0.408 e. The summed E-state index contributed by atoms with van der Waals surface area (Å²) in [7, 11) is 0. The van der Waals surface area contributed by atoms with Gasteiger partial charge in [0.1, 0.15) is 6.04 Å². The van der Waals surface area contributed by atoms with Gasteiger partial charge < -0.3 is 5.32 Å². The van der Waals surface area contributed by atoms with Gasteiger partial charge in [0, 0.05) is 19.1 Å². The first-order chi connectivity index (χ1) is 9.55. The van der Waals surface area contributed by atoms with Crippen LogP contribution in [0.2, 0.25) is 0 Å². The van der Waals surface area contributed by atoms with Crippen molar-refractivity contribution in [1.82, 2.24) is 10.2 Å². The summed E-state index contributed by atoms with van der Waals surface area (Å²) in [4.78, 5) is 1.60. The van der Waals surface area contributed by atoms with Crippen LogP contribution >= 0.6 is 0 Å². The van der Waals surface area contributed by atoms with Crippen LogP contribution in [0.5, 0.6) is 0 Å². The summed E-state index contributed by atoms with van der Waals surface area (Å²) in [6.07, 6.45) is -2.13. The van der Waals surface area contributed by atoms with E-state index in [2.05, 4.69) is 5.32 Å². The molecule has 0 radical (unpaired) electrons. The molecule has 1 aromatic carbocycles. The zero-order valence-electron chi connectivity index (χ0n) is 11.2. The number of nitrogens with zero attached hydrogens (tertiary/aromatic N) is 1. The highest BCUT2D eigenvalue weighted by atomic mass is 19.4. The molecule has 1 N–H and O–H groups in total. The molecule has 2 heterocycles. The molecule has 1 aromatic rings. The lowest BCUT2D eigenvalue weighted by Gasteiger charge is -2.30. The van der Waals surface area contributed by atoms with Gasteiger partial charge in [0.2, 0.25) is 0 Å². The fraction of sp³-hybridized carbons (Fsp3) is 0.600. The second kappa shape index (κ2) is 5.37. The zero-order chi connectivity index (χ0) is 14.2. The highest BCUT2D eigenvalue weighted by Crippen LogP contribution is 2.41. The number of hydrogen-bond donors (Lipinski definition) is 1. The number of piperidine rings is 1. The lowest BCUT2D eigenvalue weighted by Crippen LogP contribution is -2.41. The molecule has 3 rings (SSSR count). The third kappa shape index (κ3) is 2.69. The molecular weight excluding hydrogens is 265 g/mol. The summed E-state index contributed by atoms with van der Waals surface area (Å²) in [5, 5.41) is 3.36. The summed E-state index contributed by atoms with van der Waals surface area (Å²) in [5.74, 6) is 0.359. The maximum Gasteiger partial charge on any atom is 0.408 e. The van der Waals surface area contributed by atoms with E-state index < -0.39 is 12.2 Å². The van der Waals surface area contributed by atoms with Gasteiger partial charge in [-0.2, -0.15) is 13.2 Å². The normalized spacial score (nSPS) is 29.1. The highest BCUT2D eigenvalue weighted by molar-refractivity contribution is 5.21. The average Bonchev–Trinajstić information content (AvgIpc) is 2.81. The molecule has 2 nitrogen and oxygen atoms in total. The molecule has 0 amide bonds. The van der Waals surface area contributed by atoms with Gasteiger partial charge in [-0.05, 0) is 30.9 Å². The molecule has 5 heteroatoms. The first-order valence-electron chi connectivity index (χ1n) is 7.15. The Morgan fingerprint density at radius 3 is 2.55 bits per heavy atom. The Hall–Kier alpha value is -1.07. The third-order valence-electron chi connectivity index (χ3n) is 4.42. The standard InChI is InChI=1S/C15H19F3N2/c16-15(17,18)14(11-5-2-1-3-6-11)20-9-12-7-4-8-19-13(12)10-20/h1-3,5-6,12-14,19H,4,7-10H2. The Bertz CT molecular complexity index is 432. The van der Waals surface area contributed by atoms with E-state index in [1.54, 1.807) is 35.2 Å². The van der Waals surface area contributed by atoms with Crippen molar-refractivity contribution >= 4 is 0 Å². The van der Waals surface area contributed by atoms with Crippen molar-refractivity contribution in [3.63, 3.8) is 0 Å².